The molecule has 2 aromatic rings. The van der Waals surface area contributed by atoms with Crippen LogP contribution < -0.4 is 10.6 Å². The number of fused-ring (bicyclic) bond motifs is 3. The molecule has 2 aliphatic carbocycles. The Kier molecular flexibility index (Phi) is 7.62. The Bertz CT molecular complexity index is 1030. The second kappa shape index (κ2) is 11.0. The SMILES string of the molecule is O=C(/C=C/CNC(=O)OCC1c2ccccc2-c2ccccc21)NC(C(=O)O)C1CCCCC1. The maximum atomic E-state index is 12.2. The zero-order valence-corrected chi connectivity index (χ0v) is 19.0. The van der Waals surface area contributed by atoms with Crippen molar-refractivity contribution >= 4 is 18.0 Å². The number of benzene rings is 2. The fourth-order valence-corrected chi connectivity index (χ4v) is 5.01. The number of rotatable bonds is 8. The quantitative estimate of drug-likeness (QED) is 0.509. The molecule has 4 rings (SSSR count). The van der Waals surface area contributed by atoms with E-state index in [1.165, 1.54) is 12.2 Å². The number of aliphatic carboxylic acids is 1. The Balaban J connectivity index is 1.24. The summed E-state index contributed by atoms with van der Waals surface area (Å²) in [6.45, 7) is 0.316. The van der Waals surface area contributed by atoms with E-state index in [4.69, 9.17) is 4.74 Å². The number of ether oxygens (including phenoxy) is 1. The molecule has 1 fully saturated rings. The van der Waals surface area contributed by atoms with Gasteiger partial charge in [-0.2, -0.15) is 0 Å². The van der Waals surface area contributed by atoms with E-state index in [1.807, 2.05) is 24.3 Å². The normalized spacial score (nSPS) is 16.5. The van der Waals surface area contributed by atoms with Crippen LogP contribution in [-0.4, -0.2) is 42.3 Å². The molecule has 2 aliphatic rings. The fourth-order valence-electron chi connectivity index (χ4n) is 5.01. The van der Waals surface area contributed by atoms with Gasteiger partial charge < -0.3 is 20.5 Å². The number of alkyl carbamates (subject to hydrolysis) is 1. The van der Waals surface area contributed by atoms with Crippen molar-refractivity contribution in [2.24, 2.45) is 5.92 Å². The van der Waals surface area contributed by atoms with Crippen LogP contribution in [0.15, 0.2) is 60.7 Å². The zero-order chi connectivity index (χ0) is 23.9. The smallest absolute Gasteiger partial charge is 0.407 e. The van der Waals surface area contributed by atoms with E-state index in [-0.39, 0.29) is 25.0 Å². The number of carboxylic acid groups (broad SMARTS) is 1. The highest BCUT2D eigenvalue weighted by atomic mass is 16.5. The van der Waals surface area contributed by atoms with Gasteiger partial charge in [-0.25, -0.2) is 9.59 Å². The van der Waals surface area contributed by atoms with E-state index in [0.29, 0.717) is 0 Å². The largest absolute Gasteiger partial charge is 0.480 e. The third-order valence-electron chi connectivity index (χ3n) is 6.66. The van der Waals surface area contributed by atoms with E-state index >= 15 is 0 Å². The first-order chi connectivity index (χ1) is 16.5. The molecule has 2 amide bonds. The summed E-state index contributed by atoms with van der Waals surface area (Å²) < 4.78 is 5.46. The topological polar surface area (TPSA) is 105 Å². The van der Waals surface area contributed by atoms with E-state index in [2.05, 4.69) is 34.9 Å². The van der Waals surface area contributed by atoms with Crippen molar-refractivity contribution in [3.63, 3.8) is 0 Å². The molecule has 0 aliphatic heterocycles. The van der Waals surface area contributed by atoms with E-state index in [9.17, 15) is 19.5 Å². The summed E-state index contributed by atoms with van der Waals surface area (Å²) in [5.41, 5.74) is 4.60. The van der Waals surface area contributed by atoms with Gasteiger partial charge in [0.25, 0.3) is 0 Å². The average molecular weight is 463 g/mol. The lowest BCUT2D eigenvalue weighted by Crippen LogP contribution is -2.46. The van der Waals surface area contributed by atoms with E-state index < -0.39 is 24.0 Å². The molecule has 0 heterocycles. The number of hydrogen-bond acceptors (Lipinski definition) is 4. The molecule has 34 heavy (non-hydrogen) atoms. The summed E-state index contributed by atoms with van der Waals surface area (Å²) in [4.78, 5) is 35.9. The average Bonchev–Trinajstić information content (AvgIpc) is 3.18. The van der Waals surface area contributed by atoms with Crippen molar-refractivity contribution in [2.45, 2.75) is 44.1 Å². The lowest BCUT2D eigenvalue weighted by molar-refractivity contribution is -0.143. The van der Waals surface area contributed by atoms with Crippen molar-refractivity contribution < 1.29 is 24.2 Å². The molecular weight excluding hydrogens is 432 g/mol. The highest BCUT2D eigenvalue weighted by Gasteiger charge is 2.30. The van der Waals surface area contributed by atoms with Crippen molar-refractivity contribution in [3.8, 4) is 11.1 Å². The minimum absolute atomic E-state index is 0.0211. The van der Waals surface area contributed by atoms with Crippen LogP contribution in [0.3, 0.4) is 0 Å². The summed E-state index contributed by atoms with van der Waals surface area (Å²) in [5, 5.41) is 14.7. The number of nitrogens with one attached hydrogen (secondary N) is 2. The lowest BCUT2D eigenvalue weighted by Gasteiger charge is -2.27. The predicted octanol–water partition coefficient (Wildman–Crippen LogP) is 4.23. The van der Waals surface area contributed by atoms with Gasteiger partial charge in [-0.05, 0) is 41.0 Å². The van der Waals surface area contributed by atoms with Gasteiger partial charge >= 0.3 is 12.1 Å². The maximum absolute atomic E-state index is 12.2. The van der Waals surface area contributed by atoms with Crippen LogP contribution in [0.5, 0.6) is 0 Å². The van der Waals surface area contributed by atoms with Crippen LogP contribution in [0, 0.1) is 5.92 Å². The van der Waals surface area contributed by atoms with E-state index in [1.54, 1.807) is 0 Å². The summed E-state index contributed by atoms with van der Waals surface area (Å²) in [6, 6.07) is 15.4. The monoisotopic (exact) mass is 462 g/mol. The number of carbonyl (C=O) groups excluding carboxylic acids is 2. The number of carboxylic acids is 1. The molecule has 0 saturated heterocycles. The van der Waals surface area contributed by atoms with E-state index in [0.717, 1.165) is 54.4 Å². The molecule has 0 bridgehead atoms. The number of hydrogen-bond donors (Lipinski definition) is 3. The minimum atomic E-state index is -1.01. The molecule has 7 nitrogen and oxygen atoms in total. The molecular formula is C27H30N2O5. The zero-order valence-electron chi connectivity index (χ0n) is 19.0. The van der Waals surface area contributed by atoms with Crippen LogP contribution >= 0.6 is 0 Å². The summed E-state index contributed by atoms with van der Waals surface area (Å²) in [7, 11) is 0. The second-order valence-electron chi connectivity index (χ2n) is 8.83. The fraction of sp³-hybridized carbons (Fsp3) is 0.370. The highest BCUT2D eigenvalue weighted by Crippen LogP contribution is 2.44. The molecule has 7 heteroatoms. The Morgan fingerprint density at radius 2 is 1.59 bits per heavy atom. The Morgan fingerprint density at radius 1 is 0.971 bits per heavy atom. The molecule has 1 unspecified atom stereocenters. The Morgan fingerprint density at radius 3 is 2.21 bits per heavy atom. The standard InChI is InChI=1S/C27H30N2O5/c30-24(29-25(26(31)32)18-9-2-1-3-10-18)15-8-16-28-27(33)34-17-23-21-13-6-4-11-19(21)20-12-5-7-14-22(20)23/h4-8,11-15,18,23,25H,1-3,9-10,16-17H2,(H,28,33)(H,29,30)(H,31,32)/b15-8+. The predicted molar refractivity (Wildman–Crippen MR) is 128 cm³/mol. The van der Waals surface area contributed by atoms with Crippen LogP contribution in [0.1, 0.15) is 49.1 Å². The third-order valence-corrected chi connectivity index (χ3v) is 6.66. The lowest BCUT2D eigenvalue weighted by atomic mass is 9.84. The first kappa shape index (κ1) is 23.5. The van der Waals surface area contributed by atoms with Crippen molar-refractivity contribution in [1.29, 1.82) is 0 Å². The van der Waals surface area contributed by atoms with Gasteiger partial charge in [0.2, 0.25) is 5.91 Å². The molecule has 2 aromatic carbocycles. The first-order valence-corrected chi connectivity index (χ1v) is 11.8. The van der Waals surface area contributed by atoms with Crippen LogP contribution in [0.4, 0.5) is 4.79 Å². The van der Waals surface area contributed by atoms with Crippen molar-refractivity contribution in [1.82, 2.24) is 10.6 Å². The molecule has 0 spiro atoms. The molecule has 1 atom stereocenters. The number of carbonyl (C=O) groups is 3. The van der Waals surface area contributed by atoms with Gasteiger partial charge in [-0.1, -0.05) is 73.9 Å². The van der Waals surface area contributed by atoms with Crippen molar-refractivity contribution in [3.05, 3.63) is 71.8 Å². The van der Waals surface area contributed by atoms with Gasteiger partial charge in [0.05, 0.1) is 0 Å². The molecule has 0 aromatic heterocycles. The molecule has 3 N–H and O–H groups in total. The van der Waals surface area contributed by atoms with Crippen LogP contribution in [-0.2, 0) is 14.3 Å². The summed E-state index contributed by atoms with van der Waals surface area (Å²) in [5.74, 6) is -1.55. The Hall–Kier alpha value is -3.61. The minimum Gasteiger partial charge on any atom is -0.480 e. The molecule has 0 radical (unpaired) electrons. The van der Waals surface area contributed by atoms with Crippen LogP contribution in [0.25, 0.3) is 11.1 Å². The number of amides is 2. The van der Waals surface area contributed by atoms with Crippen LogP contribution in [0.2, 0.25) is 0 Å². The summed E-state index contributed by atoms with van der Waals surface area (Å²) >= 11 is 0. The highest BCUT2D eigenvalue weighted by molar-refractivity contribution is 5.91. The first-order valence-electron chi connectivity index (χ1n) is 11.8. The second-order valence-corrected chi connectivity index (χ2v) is 8.83. The maximum Gasteiger partial charge on any atom is 0.407 e. The molecule has 1 saturated carbocycles. The third kappa shape index (κ3) is 5.47. The van der Waals surface area contributed by atoms with Gasteiger partial charge in [-0.15, -0.1) is 0 Å². The molecule has 178 valence electrons. The van der Waals surface area contributed by atoms with Crippen molar-refractivity contribution in [2.75, 3.05) is 13.2 Å². The van der Waals surface area contributed by atoms with Gasteiger partial charge in [0.1, 0.15) is 12.6 Å². The van der Waals surface area contributed by atoms with Gasteiger partial charge in [0, 0.05) is 18.5 Å². The Labute approximate surface area is 199 Å². The van der Waals surface area contributed by atoms with Gasteiger partial charge in [-0.3, -0.25) is 4.79 Å². The summed E-state index contributed by atoms with van der Waals surface area (Å²) in [6.07, 6.45) is 6.87. The van der Waals surface area contributed by atoms with Gasteiger partial charge in [0.15, 0.2) is 0 Å².